The van der Waals surface area contributed by atoms with E-state index in [-0.39, 0.29) is 16.7 Å². The maximum Gasteiger partial charge on any atom is 0.269 e. The number of rotatable bonds is 4. The lowest BCUT2D eigenvalue weighted by atomic mass is 10.1. The van der Waals surface area contributed by atoms with Crippen molar-refractivity contribution in [3.05, 3.63) is 39.9 Å². The number of likely N-dealkylation sites (tertiary alicyclic amines) is 1. The zero-order chi connectivity index (χ0) is 13.0. The third-order valence-corrected chi connectivity index (χ3v) is 3.40. The summed E-state index contributed by atoms with van der Waals surface area (Å²) >= 11 is 0. The van der Waals surface area contributed by atoms with Crippen LogP contribution in [0.4, 0.5) is 5.69 Å². The van der Waals surface area contributed by atoms with Crippen molar-refractivity contribution in [3.63, 3.8) is 0 Å². The van der Waals surface area contributed by atoms with Crippen molar-refractivity contribution in [2.75, 3.05) is 19.6 Å². The van der Waals surface area contributed by atoms with Gasteiger partial charge < -0.3 is 10.0 Å². The molecule has 0 saturated carbocycles. The maximum atomic E-state index is 10.7. The van der Waals surface area contributed by atoms with Gasteiger partial charge in [0.1, 0.15) is 0 Å². The van der Waals surface area contributed by atoms with Crippen molar-refractivity contribution in [3.8, 4) is 0 Å². The third kappa shape index (κ3) is 3.51. The molecule has 5 heteroatoms. The molecule has 1 aliphatic rings. The molecule has 1 heterocycles. The fourth-order valence-electron chi connectivity index (χ4n) is 2.26. The Labute approximate surface area is 106 Å². The number of aliphatic hydroxyl groups is 1. The van der Waals surface area contributed by atoms with Gasteiger partial charge in [0.25, 0.3) is 5.69 Å². The zero-order valence-electron chi connectivity index (χ0n) is 10.3. The molecule has 1 aliphatic heterocycles. The van der Waals surface area contributed by atoms with Crippen LogP contribution in [0.2, 0.25) is 0 Å². The van der Waals surface area contributed by atoms with Gasteiger partial charge in [-0.1, -0.05) is 12.1 Å². The minimum absolute atomic E-state index is 0.154. The van der Waals surface area contributed by atoms with Crippen molar-refractivity contribution < 1.29 is 10.0 Å². The SMILES string of the molecule is O=[N+]([O-])c1cccc(CCN2CCC(O)CC2)c1. The van der Waals surface area contributed by atoms with Crippen LogP contribution in [0, 0.1) is 10.1 Å². The minimum atomic E-state index is -0.360. The molecule has 1 aromatic carbocycles. The van der Waals surface area contributed by atoms with Gasteiger partial charge in [0, 0.05) is 31.8 Å². The number of nitrogens with zero attached hydrogens (tertiary/aromatic N) is 2. The number of hydrogen-bond acceptors (Lipinski definition) is 4. The van der Waals surface area contributed by atoms with E-state index in [0.717, 1.165) is 44.5 Å². The molecule has 0 aliphatic carbocycles. The van der Waals surface area contributed by atoms with E-state index in [0.29, 0.717) is 0 Å². The summed E-state index contributed by atoms with van der Waals surface area (Å²) in [7, 11) is 0. The maximum absolute atomic E-state index is 10.7. The summed E-state index contributed by atoms with van der Waals surface area (Å²) in [5, 5.41) is 20.1. The predicted molar refractivity (Wildman–Crippen MR) is 68.5 cm³/mol. The van der Waals surface area contributed by atoms with E-state index in [1.165, 1.54) is 6.07 Å². The number of non-ortho nitro benzene ring substituents is 1. The number of hydrogen-bond donors (Lipinski definition) is 1. The predicted octanol–water partition coefficient (Wildman–Crippen LogP) is 1.59. The summed E-state index contributed by atoms with van der Waals surface area (Å²) in [6.07, 6.45) is 2.32. The van der Waals surface area contributed by atoms with E-state index < -0.39 is 0 Å². The molecule has 0 spiro atoms. The van der Waals surface area contributed by atoms with Gasteiger partial charge in [-0.25, -0.2) is 0 Å². The highest BCUT2D eigenvalue weighted by atomic mass is 16.6. The molecule has 1 saturated heterocycles. The Morgan fingerprint density at radius 1 is 1.39 bits per heavy atom. The number of aliphatic hydroxyl groups excluding tert-OH is 1. The molecule has 0 atom stereocenters. The van der Waals surface area contributed by atoms with Crippen LogP contribution in [0.3, 0.4) is 0 Å². The third-order valence-electron chi connectivity index (χ3n) is 3.40. The average molecular weight is 250 g/mol. The number of nitro groups is 1. The van der Waals surface area contributed by atoms with Crippen molar-refractivity contribution in [1.29, 1.82) is 0 Å². The lowest BCUT2D eigenvalue weighted by molar-refractivity contribution is -0.384. The smallest absolute Gasteiger partial charge is 0.269 e. The van der Waals surface area contributed by atoms with E-state index in [4.69, 9.17) is 0 Å². The Balaban J connectivity index is 1.86. The first-order valence-electron chi connectivity index (χ1n) is 6.29. The van der Waals surface area contributed by atoms with Gasteiger partial charge in [-0.15, -0.1) is 0 Å². The van der Waals surface area contributed by atoms with Gasteiger partial charge in [-0.05, 0) is 24.8 Å². The molecule has 1 N–H and O–H groups in total. The van der Waals surface area contributed by atoms with E-state index in [2.05, 4.69) is 4.90 Å². The highest BCUT2D eigenvalue weighted by Crippen LogP contribution is 2.15. The van der Waals surface area contributed by atoms with Gasteiger partial charge in [0.15, 0.2) is 0 Å². The summed E-state index contributed by atoms with van der Waals surface area (Å²) in [6, 6.07) is 6.80. The second-order valence-electron chi connectivity index (χ2n) is 4.75. The largest absolute Gasteiger partial charge is 0.393 e. The molecule has 1 fully saturated rings. The molecule has 98 valence electrons. The quantitative estimate of drug-likeness (QED) is 0.651. The van der Waals surface area contributed by atoms with Gasteiger partial charge >= 0.3 is 0 Å². The lowest BCUT2D eigenvalue weighted by Crippen LogP contribution is -2.37. The fraction of sp³-hybridized carbons (Fsp3) is 0.538. The first-order chi connectivity index (χ1) is 8.65. The highest BCUT2D eigenvalue weighted by Gasteiger charge is 2.16. The first-order valence-corrected chi connectivity index (χ1v) is 6.29. The lowest BCUT2D eigenvalue weighted by Gasteiger charge is -2.29. The average Bonchev–Trinajstić information content (AvgIpc) is 2.38. The Kier molecular flexibility index (Phi) is 4.28. The van der Waals surface area contributed by atoms with Gasteiger partial charge in [0.05, 0.1) is 11.0 Å². The Morgan fingerprint density at radius 2 is 2.11 bits per heavy atom. The summed E-state index contributed by atoms with van der Waals surface area (Å²) in [4.78, 5) is 12.6. The van der Waals surface area contributed by atoms with E-state index in [1.807, 2.05) is 6.07 Å². The second kappa shape index (κ2) is 5.93. The summed E-state index contributed by atoms with van der Waals surface area (Å²) < 4.78 is 0. The van der Waals surface area contributed by atoms with Crippen LogP contribution in [0.25, 0.3) is 0 Å². The standard InChI is InChI=1S/C13H18N2O3/c16-13-5-8-14(9-6-13)7-4-11-2-1-3-12(10-11)15(17)18/h1-3,10,13,16H,4-9H2. The normalized spacial score (nSPS) is 17.8. The van der Waals surface area contributed by atoms with Gasteiger partial charge in [-0.3, -0.25) is 10.1 Å². The zero-order valence-corrected chi connectivity index (χ0v) is 10.3. The second-order valence-corrected chi connectivity index (χ2v) is 4.75. The van der Waals surface area contributed by atoms with E-state index in [9.17, 15) is 15.2 Å². The van der Waals surface area contributed by atoms with Crippen molar-refractivity contribution in [2.24, 2.45) is 0 Å². The van der Waals surface area contributed by atoms with Gasteiger partial charge in [0.2, 0.25) is 0 Å². The molecule has 2 rings (SSSR count). The van der Waals surface area contributed by atoms with Crippen molar-refractivity contribution >= 4 is 5.69 Å². The molecule has 5 nitrogen and oxygen atoms in total. The van der Waals surface area contributed by atoms with Crippen LogP contribution in [0.5, 0.6) is 0 Å². The fourth-order valence-corrected chi connectivity index (χ4v) is 2.26. The Bertz CT molecular complexity index is 414. The Hall–Kier alpha value is -1.46. The summed E-state index contributed by atoms with van der Waals surface area (Å²) in [5.41, 5.74) is 1.15. The molecule has 18 heavy (non-hydrogen) atoms. The molecule has 0 bridgehead atoms. The summed E-state index contributed by atoms with van der Waals surface area (Å²) in [5.74, 6) is 0. The van der Waals surface area contributed by atoms with Crippen LogP contribution >= 0.6 is 0 Å². The van der Waals surface area contributed by atoms with E-state index >= 15 is 0 Å². The van der Waals surface area contributed by atoms with Crippen molar-refractivity contribution in [1.82, 2.24) is 4.90 Å². The molecule has 0 amide bonds. The monoisotopic (exact) mass is 250 g/mol. The van der Waals surface area contributed by atoms with Gasteiger partial charge in [-0.2, -0.15) is 0 Å². The molecule has 0 radical (unpaired) electrons. The van der Waals surface area contributed by atoms with Crippen LogP contribution in [0.1, 0.15) is 18.4 Å². The van der Waals surface area contributed by atoms with Crippen LogP contribution in [-0.2, 0) is 6.42 Å². The van der Waals surface area contributed by atoms with Crippen molar-refractivity contribution in [2.45, 2.75) is 25.4 Å². The summed E-state index contributed by atoms with van der Waals surface area (Å²) in [6.45, 7) is 2.72. The first kappa shape index (κ1) is 13.0. The molecule has 0 aromatic heterocycles. The molecule has 0 unspecified atom stereocenters. The minimum Gasteiger partial charge on any atom is -0.393 e. The Morgan fingerprint density at radius 3 is 2.78 bits per heavy atom. The highest BCUT2D eigenvalue weighted by molar-refractivity contribution is 5.34. The number of benzene rings is 1. The van der Waals surface area contributed by atoms with Crippen LogP contribution in [-0.4, -0.2) is 40.7 Å². The van der Waals surface area contributed by atoms with Crippen LogP contribution in [0.15, 0.2) is 24.3 Å². The molecular formula is C13H18N2O3. The number of nitro benzene ring substituents is 1. The topological polar surface area (TPSA) is 66.6 Å². The van der Waals surface area contributed by atoms with E-state index in [1.54, 1.807) is 12.1 Å². The van der Waals surface area contributed by atoms with Crippen LogP contribution < -0.4 is 0 Å². The molecule has 1 aromatic rings. The molecular weight excluding hydrogens is 232 g/mol. The number of piperidine rings is 1.